The highest BCUT2D eigenvalue weighted by Gasteiger charge is 2.60. The molecule has 0 aromatic rings. The molecule has 2 nitrogen and oxygen atoms in total. The normalized spacial score (nSPS) is 45.4. The van der Waals surface area contributed by atoms with Crippen LogP contribution in [0.3, 0.4) is 0 Å². The zero-order chi connectivity index (χ0) is 9.92. The predicted octanol–water partition coefficient (Wildman–Crippen LogP) is 2.22. The van der Waals surface area contributed by atoms with E-state index in [9.17, 15) is 9.59 Å². The standard InChI is InChI=1S/C11H11BrO2/c12-9-5-7-8(13)4-6-2-1-3-11(6,9)10(7)14/h5-7H,1-4H2/t6-,7-,11-/m0/s1. The Bertz CT molecular complexity index is 371. The number of halogens is 1. The number of allylic oxidation sites excluding steroid dienone is 2. The zero-order valence-electron chi connectivity index (χ0n) is 7.75. The van der Waals surface area contributed by atoms with Crippen molar-refractivity contribution < 1.29 is 9.59 Å². The second kappa shape index (κ2) is 2.57. The van der Waals surface area contributed by atoms with Crippen LogP contribution < -0.4 is 0 Å². The molecule has 0 heterocycles. The Hall–Kier alpha value is -0.440. The zero-order valence-corrected chi connectivity index (χ0v) is 9.34. The Labute approximate surface area is 90.9 Å². The van der Waals surface area contributed by atoms with Crippen LogP contribution in [0.5, 0.6) is 0 Å². The van der Waals surface area contributed by atoms with Crippen molar-refractivity contribution in [3.05, 3.63) is 10.6 Å². The lowest BCUT2D eigenvalue weighted by molar-refractivity contribution is -0.140. The summed E-state index contributed by atoms with van der Waals surface area (Å²) in [4.78, 5) is 23.8. The number of ketones is 2. The summed E-state index contributed by atoms with van der Waals surface area (Å²) >= 11 is 3.50. The second-order valence-electron chi connectivity index (χ2n) is 4.59. The molecule has 0 aliphatic heterocycles. The molecular formula is C11H11BrO2. The topological polar surface area (TPSA) is 34.1 Å². The number of carbonyl (C=O) groups excluding carboxylic acids is 2. The summed E-state index contributed by atoms with van der Waals surface area (Å²) in [5, 5.41) is 0. The quantitative estimate of drug-likeness (QED) is 0.622. The lowest BCUT2D eigenvalue weighted by Gasteiger charge is -2.34. The van der Waals surface area contributed by atoms with Gasteiger partial charge < -0.3 is 0 Å². The largest absolute Gasteiger partial charge is 0.299 e. The summed E-state index contributed by atoms with van der Waals surface area (Å²) in [5.41, 5.74) is -0.279. The van der Waals surface area contributed by atoms with Crippen LogP contribution in [-0.2, 0) is 9.59 Å². The monoisotopic (exact) mass is 254 g/mol. The molecule has 14 heavy (non-hydrogen) atoms. The Morgan fingerprint density at radius 1 is 1.43 bits per heavy atom. The molecule has 2 fully saturated rings. The molecule has 1 spiro atoms. The minimum Gasteiger partial charge on any atom is -0.299 e. The summed E-state index contributed by atoms with van der Waals surface area (Å²) in [5.74, 6) is 0.167. The fourth-order valence-electron chi connectivity index (χ4n) is 3.37. The van der Waals surface area contributed by atoms with Crippen LogP contribution in [0.4, 0.5) is 0 Å². The minimum atomic E-state index is -0.418. The van der Waals surface area contributed by atoms with E-state index in [1.807, 2.05) is 6.08 Å². The van der Waals surface area contributed by atoms with E-state index in [1.54, 1.807) is 0 Å². The Balaban J connectivity index is 2.18. The van der Waals surface area contributed by atoms with Gasteiger partial charge in [0.2, 0.25) is 0 Å². The first-order valence-electron chi connectivity index (χ1n) is 5.11. The molecule has 3 aliphatic rings. The van der Waals surface area contributed by atoms with Crippen molar-refractivity contribution in [1.82, 2.24) is 0 Å². The lowest BCUT2D eigenvalue weighted by atomic mass is 9.68. The molecule has 3 heteroatoms. The van der Waals surface area contributed by atoms with E-state index in [2.05, 4.69) is 15.9 Å². The highest BCUT2D eigenvalue weighted by atomic mass is 79.9. The second-order valence-corrected chi connectivity index (χ2v) is 5.44. The van der Waals surface area contributed by atoms with Crippen molar-refractivity contribution >= 4 is 27.5 Å². The minimum absolute atomic E-state index is 0.131. The van der Waals surface area contributed by atoms with E-state index in [1.165, 1.54) is 0 Å². The molecule has 3 rings (SSSR count). The predicted molar refractivity (Wildman–Crippen MR) is 54.9 cm³/mol. The summed E-state index contributed by atoms with van der Waals surface area (Å²) in [6.45, 7) is 0. The molecule has 0 aromatic carbocycles. The number of fused-ring (bicyclic) bond motifs is 1. The van der Waals surface area contributed by atoms with Gasteiger partial charge in [-0.05, 0) is 18.8 Å². The van der Waals surface area contributed by atoms with Crippen LogP contribution in [0, 0.1) is 17.3 Å². The van der Waals surface area contributed by atoms with Crippen LogP contribution in [-0.4, -0.2) is 11.6 Å². The van der Waals surface area contributed by atoms with Crippen LogP contribution >= 0.6 is 15.9 Å². The van der Waals surface area contributed by atoms with Gasteiger partial charge in [0.15, 0.2) is 5.78 Å². The van der Waals surface area contributed by atoms with Crippen molar-refractivity contribution in [2.24, 2.45) is 17.3 Å². The molecule has 2 bridgehead atoms. The third-order valence-electron chi connectivity index (χ3n) is 4.08. The highest BCUT2D eigenvalue weighted by Crippen LogP contribution is 2.60. The number of Topliss-reactive ketones (excluding diaryl/α,β-unsaturated/α-hetero) is 2. The van der Waals surface area contributed by atoms with Gasteiger partial charge in [0, 0.05) is 10.9 Å². The lowest BCUT2D eigenvalue weighted by Crippen LogP contribution is -2.42. The van der Waals surface area contributed by atoms with Crippen LogP contribution in [0.1, 0.15) is 25.7 Å². The van der Waals surface area contributed by atoms with Crippen molar-refractivity contribution in [2.45, 2.75) is 25.7 Å². The Morgan fingerprint density at radius 3 is 3.00 bits per heavy atom. The van der Waals surface area contributed by atoms with Gasteiger partial charge in [0.05, 0.1) is 11.3 Å². The van der Waals surface area contributed by atoms with E-state index < -0.39 is 5.92 Å². The molecule has 3 atom stereocenters. The van der Waals surface area contributed by atoms with Crippen molar-refractivity contribution in [2.75, 3.05) is 0 Å². The fraction of sp³-hybridized carbons (Fsp3) is 0.636. The van der Waals surface area contributed by atoms with Crippen LogP contribution in [0.25, 0.3) is 0 Å². The van der Waals surface area contributed by atoms with E-state index in [0.29, 0.717) is 6.42 Å². The van der Waals surface area contributed by atoms with Gasteiger partial charge in [-0.15, -0.1) is 0 Å². The molecule has 0 saturated heterocycles. The van der Waals surface area contributed by atoms with Gasteiger partial charge >= 0.3 is 0 Å². The molecule has 2 saturated carbocycles. The maximum atomic E-state index is 12.1. The van der Waals surface area contributed by atoms with Gasteiger partial charge in [-0.1, -0.05) is 28.4 Å². The van der Waals surface area contributed by atoms with Crippen molar-refractivity contribution in [3.63, 3.8) is 0 Å². The van der Waals surface area contributed by atoms with Crippen LogP contribution in [0.2, 0.25) is 0 Å². The first kappa shape index (κ1) is 8.84. The maximum absolute atomic E-state index is 12.1. The number of carbonyl (C=O) groups is 2. The van der Waals surface area contributed by atoms with Gasteiger partial charge in [0.1, 0.15) is 5.78 Å². The molecule has 0 aromatic heterocycles. The van der Waals surface area contributed by atoms with E-state index in [0.717, 1.165) is 23.7 Å². The number of hydrogen-bond donors (Lipinski definition) is 0. The molecule has 0 unspecified atom stereocenters. The van der Waals surface area contributed by atoms with Gasteiger partial charge in [-0.2, -0.15) is 0 Å². The summed E-state index contributed by atoms with van der Waals surface area (Å²) in [7, 11) is 0. The van der Waals surface area contributed by atoms with E-state index >= 15 is 0 Å². The molecular weight excluding hydrogens is 244 g/mol. The average molecular weight is 255 g/mol. The summed E-state index contributed by atoms with van der Waals surface area (Å²) in [6.07, 6.45) is 5.52. The number of rotatable bonds is 0. The molecule has 0 radical (unpaired) electrons. The molecule has 74 valence electrons. The van der Waals surface area contributed by atoms with Crippen molar-refractivity contribution in [1.29, 1.82) is 0 Å². The first-order chi connectivity index (χ1) is 6.66. The Kier molecular flexibility index (Phi) is 1.62. The highest BCUT2D eigenvalue weighted by molar-refractivity contribution is 9.11. The maximum Gasteiger partial charge on any atom is 0.158 e. The average Bonchev–Trinajstić information content (AvgIpc) is 2.63. The van der Waals surface area contributed by atoms with Gasteiger partial charge in [-0.25, -0.2) is 0 Å². The third-order valence-corrected chi connectivity index (χ3v) is 5.05. The number of hydrogen-bond acceptors (Lipinski definition) is 2. The SMILES string of the molecule is O=C1C[C@@H]2CCC[C@]23C(=O)[C@H]1C=C3Br. The van der Waals surface area contributed by atoms with Gasteiger partial charge in [-0.3, -0.25) is 9.59 Å². The Morgan fingerprint density at radius 2 is 2.21 bits per heavy atom. The molecule has 0 amide bonds. The molecule has 3 aliphatic carbocycles. The van der Waals surface area contributed by atoms with E-state index in [-0.39, 0.29) is 22.9 Å². The van der Waals surface area contributed by atoms with Gasteiger partial charge in [0.25, 0.3) is 0 Å². The van der Waals surface area contributed by atoms with Crippen LogP contribution in [0.15, 0.2) is 10.6 Å². The fourth-order valence-corrected chi connectivity index (χ4v) is 4.35. The summed E-state index contributed by atoms with van der Waals surface area (Å²) < 4.78 is 0.994. The smallest absolute Gasteiger partial charge is 0.158 e. The first-order valence-corrected chi connectivity index (χ1v) is 5.90. The summed E-state index contributed by atoms with van der Waals surface area (Å²) in [6, 6.07) is 0. The van der Waals surface area contributed by atoms with Crippen molar-refractivity contribution in [3.8, 4) is 0 Å². The van der Waals surface area contributed by atoms with E-state index in [4.69, 9.17) is 0 Å². The molecule has 0 N–H and O–H groups in total. The third kappa shape index (κ3) is 0.784.